The van der Waals surface area contributed by atoms with E-state index in [0.29, 0.717) is 5.56 Å². The van der Waals surface area contributed by atoms with Gasteiger partial charge in [-0.2, -0.15) is 0 Å². The maximum atomic E-state index is 12.1. The van der Waals surface area contributed by atoms with Gasteiger partial charge in [-0.15, -0.1) is 11.3 Å². The Morgan fingerprint density at radius 2 is 2.21 bits per heavy atom. The third kappa shape index (κ3) is 2.91. The molecule has 0 aliphatic heterocycles. The largest absolute Gasteiger partial charge is 0.478 e. The summed E-state index contributed by atoms with van der Waals surface area (Å²) in [6.07, 6.45) is 1.47. The Morgan fingerprint density at radius 3 is 2.79 bits per heavy atom. The van der Waals surface area contributed by atoms with Crippen molar-refractivity contribution >= 4 is 33.1 Å². The summed E-state index contributed by atoms with van der Waals surface area (Å²) in [5.74, 6) is -0.931. The number of hydrogen-bond donors (Lipinski definition) is 2. The summed E-state index contributed by atoms with van der Waals surface area (Å²) in [5.41, 5.74) is 0.629. The second-order valence-electron chi connectivity index (χ2n) is 3.73. The molecule has 0 amide bonds. The molecule has 0 spiro atoms. The van der Waals surface area contributed by atoms with Crippen LogP contribution in [0.4, 0.5) is 5.82 Å². The van der Waals surface area contributed by atoms with Crippen molar-refractivity contribution in [2.75, 3.05) is 4.72 Å². The molecule has 0 aliphatic carbocycles. The quantitative estimate of drug-likeness (QED) is 0.899. The zero-order chi connectivity index (χ0) is 14.0. The predicted molar refractivity (Wildman–Crippen MR) is 71.1 cm³/mol. The van der Waals surface area contributed by atoms with Gasteiger partial charge in [0.25, 0.3) is 10.0 Å². The number of carboxylic acids is 1. The fraction of sp³-hybridized carbons (Fsp3) is 0.0909. The van der Waals surface area contributed by atoms with E-state index in [4.69, 9.17) is 5.11 Å². The van der Waals surface area contributed by atoms with E-state index in [1.54, 1.807) is 19.1 Å². The van der Waals surface area contributed by atoms with Gasteiger partial charge in [0.15, 0.2) is 0 Å². The van der Waals surface area contributed by atoms with Crippen LogP contribution in [0, 0.1) is 6.92 Å². The van der Waals surface area contributed by atoms with Gasteiger partial charge in [-0.25, -0.2) is 18.2 Å². The van der Waals surface area contributed by atoms with Crippen LogP contribution in [-0.2, 0) is 10.0 Å². The number of pyridine rings is 1. The zero-order valence-electron chi connectivity index (χ0n) is 9.82. The minimum absolute atomic E-state index is 0.0527. The molecule has 2 heterocycles. The normalized spacial score (nSPS) is 11.2. The number of nitrogens with zero attached hydrogens (tertiary/aromatic N) is 1. The van der Waals surface area contributed by atoms with Crippen LogP contribution in [0.3, 0.4) is 0 Å². The van der Waals surface area contributed by atoms with E-state index in [-0.39, 0.29) is 15.6 Å². The number of carbonyl (C=O) groups is 1. The second-order valence-corrected chi connectivity index (χ2v) is 6.55. The van der Waals surface area contributed by atoms with E-state index in [2.05, 4.69) is 9.71 Å². The van der Waals surface area contributed by atoms with Crippen LogP contribution in [-0.4, -0.2) is 24.5 Å². The Balaban J connectivity index is 2.32. The molecule has 0 atom stereocenters. The summed E-state index contributed by atoms with van der Waals surface area (Å²) in [6.45, 7) is 1.72. The van der Waals surface area contributed by atoms with Crippen LogP contribution in [0.15, 0.2) is 34.0 Å². The van der Waals surface area contributed by atoms with Crippen molar-refractivity contribution in [2.24, 2.45) is 0 Å². The maximum Gasteiger partial charge on any atom is 0.336 e. The third-order valence-corrected chi connectivity index (χ3v) is 5.11. The summed E-state index contributed by atoms with van der Waals surface area (Å²) in [5, 5.41) is 10.1. The summed E-state index contributed by atoms with van der Waals surface area (Å²) in [6, 6.07) is 4.54. The van der Waals surface area contributed by atoms with Gasteiger partial charge in [-0.1, -0.05) is 6.07 Å². The molecule has 2 rings (SSSR count). The first kappa shape index (κ1) is 13.5. The van der Waals surface area contributed by atoms with Gasteiger partial charge < -0.3 is 5.11 Å². The number of nitrogens with one attached hydrogen (secondary N) is 1. The van der Waals surface area contributed by atoms with E-state index in [1.165, 1.54) is 11.6 Å². The van der Waals surface area contributed by atoms with Crippen molar-refractivity contribution in [3.8, 4) is 0 Å². The second kappa shape index (κ2) is 4.98. The number of sulfonamides is 1. The molecule has 100 valence electrons. The molecule has 2 N–H and O–H groups in total. The van der Waals surface area contributed by atoms with Gasteiger partial charge in [0.1, 0.15) is 10.0 Å². The van der Waals surface area contributed by atoms with E-state index >= 15 is 0 Å². The molecule has 0 aliphatic rings. The number of thiophene rings is 1. The Hall–Kier alpha value is -1.93. The predicted octanol–water partition coefficient (Wildman–Crippen LogP) is 1.95. The fourth-order valence-electron chi connectivity index (χ4n) is 1.34. The lowest BCUT2D eigenvalue weighted by Gasteiger charge is -2.07. The van der Waals surface area contributed by atoms with Crippen LogP contribution in [0.5, 0.6) is 0 Å². The molecule has 0 radical (unpaired) electrons. The van der Waals surface area contributed by atoms with Crippen molar-refractivity contribution in [1.29, 1.82) is 0 Å². The lowest BCUT2D eigenvalue weighted by atomic mass is 10.3. The zero-order valence-corrected chi connectivity index (χ0v) is 11.5. The Labute approximate surface area is 113 Å². The molecule has 19 heavy (non-hydrogen) atoms. The first-order chi connectivity index (χ1) is 8.90. The molecule has 6 nitrogen and oxygen atoms in total. The van der Waals surface area contributed by atoms with Crippen molar-refractivity contribution in [2.45, 2.75) is 11.1 Å². The number of aromatic nitrogens is 1. The topological polar surface area (TPSA) is 96.4 Å². The van der Waals surface area contributed by atoms with E-state index in [9.17, 15) is 13.2 Å². The smallest absolute Gasteiger partial charge is 0.336 e. The molecule has 0 aromatic carbocycles. The molecule has 0 unspecified atom stereocenters. The van der Waals surface area contributed by atoms with E-state index in [0.717, 1.165) is 17.4 Å². The number of aromatic carboxylic acids is 1. The fourth-order valence-corrected chi connectivity index (χ4v) is 3.57. The van der Waals surface area contributed by atoms with Gasteiger partial charge >= 0.3 is 5.97 Å². The van der Waals surface area contributed by atoms with Crippen LogP contribution >= 0.6 is 11.3 Å². The molecule has 0 fully saturated rings. The highest BCUT2D eigenvalue weighted by molar-refractivity contribution is 7.94. The monoisotopic (exact) mass is 298 g/mol. The molecule has 0 saturated heterocycles. The molecule has 2 aromatic rings. The lowest BCUT2D eigenvalue weighted by Crippen LogP contribution is -2.13. The number of aryl methyl sites for hydroxylation is 1. The standard InChI is InChI=1S/C11H10N2O4S2/c1-7-3-2-4-12-10(7)13-19(16,17)9-5-8(6-18-9)11(14)15/h2-6H,1H3,(H,12,13)(H,14,15). The van der Waals surface area contributed by atoms with Crippen molar-refractivity contribution in [3.05, 3.63) is 40.9 Å². The van der Waals surface area contributed by atoms with Crippen LogP contribution in [0.1, 0.15) is 15.9 Å². The number of carboxylic acid groups (broad SMARTS) is 1. The molecule has 0 saturated carbocycles. The minimum atomic E-state index is -3.81. The van der Waals surface area contributed by atoms with Gasteiger partial charge in [0, 0.05) is 11.6 Å². The molecule has 0 bridgehead atoms. The average molecular weight is 298 g/mol. The third-order valence-electron chi connectivity index (χ3n) is 2.33. The summed E-state index contributed by atoms with van der Waals surface area (Å²) < 4.78 is 26.4. The van der Waals surface area contributed by atoms with Crippen LogP contribution in [0.2, 0.25) is 0 Å². The van der Waals surface area contributed by atoms with Crippen molar-refractivity contribution < 1.29 is 18.3 Å². The SMILES string of the molecule is Cc1cccnc1NS(=O)(=O)c1cc(C(=O)O)cs1. The Kier molecular flexibility index (Phi) is 3.54. The average Bonchev–Trinajstić information content (AvgIpc) is 2.82. The van der Waals surface area contributed by atoms with Crippen LogP contribution < -0.4 is 4.72 Å². The molecule has 8 heteroatoms. The lowest BCUT2D eigenvalue weighted by molar-refractivity contribution is 0.0697. The van der Waals surface area contributed by atoms with Gasteiger partial charge in [-0.05, 0) is 24.6 Å². The van der Waals surface area contributed by atoms with E-state index in [1.807, 2.05) is 0 Å². The summed E-state index contributed by atoms with van der Waals surface area (Å²) >= 11 is 0.851. The minimum Gasteiger partial charge on any atom is -0.478 e. The van der Waals surface area contributed by atoms with E-state index < -0.39 is 16.0 Å². The first-order valence-corrected chi connectivity index (χ1v) is 7.53. The van der Waals surface area contributed by atoms with Crippen molar-refractivity contribution in [3.63, 3.8) is 0 Å². The van der Waals surface area contributed by atoms with Gasteiger partial charge in [-0.3, -0.25) is 4.72 Å². The highest BCUT2D eigenvalue weighted by Gasteiger charge is 2.20. The highest BCUT2D eigenvalue weighted by atomic mass is 32.2. The number of rotatable bonds is 4. The number of hydrogen-bond acceptors (Lipinski definition) is 5. The molecular formula is C11H10N2O4S2. The Bertz CT molecular complexity index is 722. The van der Waals surface area contributed by atoms with Crippen molar-refractivity contribution in [1.82, 2.24) is 4.98 Å². The van der Waals surface area contributed by atoms with Gasteiger partial charge in [0.05, 0.1) is 5.56 Å². The molecular weight excluding hydrogens is 288 g/mol. The summed E-state index contributed by atoms with van der Waals surface area (Å²) in [7, 11) is -3.81. The van der Waals surface area contributed by atoms with Crippen LogP contribution in [0.25, 0.3) is 0 Å². The van der Waals surface area contributed by atoms with Gasteiger partial charge in [0.2, 0.25) is 0 Å². The molecule has 2 aromatic heterocycles. The number of anilines is 1. The first-order valence-electron chi connectivity index (χ1n) is 5.16. The maximum absolute atomic E-state index is 12.1. The highest BCUT2D eigenvalue weighted by Crippen LogP contribution is 2.23. The summed E-state index contributed by atoms with van der Waals surface area (Å²) in [4.78, 5) is 14.7. The Morgan fingerprint density at radius 1 is 1.47 bits per heavy atom.